The Kier molecular flexibility index (Phi) is 3.92. The van der Waals surface area contributed by atoms with E-state index in [-0.39, 0.29) is 0 Å². The normalized spacial score (nSPS) is 18.0. The van der Waals surface area contributed by atoms with Crippen LogP contribution in [0.3, 0.4) is 0 Å². The van der Waals surface area contributed by atoms with Crippen molar-refractivity contribution < 1.29 is 0 Å². The van der Waals surface area contributed by atoms with E-state index in [0.29, 0.717) is 12.0 Å². The van der Waals surface area contributed by atoms with Crippen molar-refractivity contribution in [2.75, 3.05) is 6.54 Å². The van der Waals surface area contributed by atoms with Gasteiger partial charge in [0, 0.05) is 18.4 Å². The Morgan fingerprint density at radius 1 is 1.44 bits per heavy atom. The standard InChI is InChI=1S/C12H21N3S/c1-4-13-10(9-5-6-9)7-11-14-12(8(2)3)15-16-11/h8-10,13H,4-7H2,1-3H3. The highest BCUT2D eigenvalue weighted by molar-refractivity contribution is 7.05. The molecule has 1 aliphatic rings. The number of hydrogen-bond acceptors (Lipinski definition) is 4. The van der Waals surface area contributed by atoms with Crippen molar-refractivity contribution in [3.63, 3.8) is 0 Å². The first-order valence-corrected chi connectivity index (χ1v) is 7.04. The van der Waals surface area contributed by atoms with Crippen molar-refractivity contribution in [1.82, 2.24) is 14.7 Å². The van der Waals surface area contributed by atoms with Gasteiger partial charge in [-0.2, -0.15) is 4.37 Å². The predicted octanol–water partition coefficient (Wildman–Crippen LogP) is 2.59. The highest BCUT2D eigenvalue weighted by atomic mass is 32.1. The van der Waals surface area contributed by atoms with Crippen LogP contribution in [0, 0.1) is 5.92 Å². The van der Waals surface area contributed by atoms with Crippen molar-refractivity contribution in [2.45, 2.75) is 52.0 Å². The van der Waals surface area contributed by atoms with Crippen LogP contribution in [0.4, 0.5) is 0 Å². The summed E-state index contributed by atoms with van der Waals surface area (Å²) in [4.78, 5) is 4.61. The van der Waals surface area contributed by atoms with Crippen LogP contribution in [0.25, 0.3) is 0 Å². The largest absolute Gasteiger partial charge is 0.314 e. The fourth-order valence-corrected chi connectivity index (χ4v) is 2.78. The van der Waals surface area contributed by atoms with Crippen molar-refractivity contribution in [3.8, 4) is 0 Å². The molecule has 0 aliphatic heterocycles. The van der Waals surface area contributed by atoms with Crippen LogP contribution in [0.15, 0.2) is 0 Å². The van der Waals surface area contributed by atoms with Gasteiger partial charge in [-0.15, -0.1) is 0 Å². The number of nitrogens with one attached hydrogen (secondary N) is 1. The lowest BCUT2D eigenvalue weighted by atomic mass is 10.1. The molecule has 1 unspecified atom stereocenters. The highest BCUT2D eigenvalue weighted by Crippen LogP contribution is 2.34. The number of nitrogens with zero attached hydrogens (tertiary/aromatic N) is 2. The van der Waals surface area contributed by atoms with E-state index in [9.17, 15) is 0 Å². The summed E-state index contributed by atoms with van der Waals surface area (Å²) in [6, 6.07) is 0.623. The number of hydrogen-bond donors (Lipinski definition) is 1. The first kappa shape index (κ1) is 12.0. The van der Waals surface area contributed by atoms with Crippen LogP contribution in [0.1, 0.15) is 50.4 Å². The van der Waals surface area contributed by atoms with E-state index in [1.54, 1.807) is 11.5 Å². The molecule has 16 heavy (non-hydrogen) atoms. The molecule has 0 bridgehead atoms. The Morgan fingerprint density at radius 3 is 2.69 bits per heavy atom. The molecule has 4 heteroatoms. The molecule has 0 aromatic carbocycles. The van der Waals surface area contributed by atoms with Gasteiger partial charge < -0.3 is 5.32 Å². The molecule has 1 fully saturated rings. The Labute approximate surface area is 102 Å². The minimum atomic E-state index is 0.448. The second-order valence-electron chi connectivity index (χ2n) is 4.91. The van der Waals surface area contributed by atoms with E-state index in [4.69, 9.17) is 0 Å². The molecule has 1 saturated carbocycles. The second kappa shape index (κ2) is 5.23. The maximum Gasteiger partial charge on any atom is 0.145 e. The average Bonchev–Trinajstić information content (AvgIpc) is 2.98. The lowest BCUT2D eigenvalue weighted by Crippen LogP contribution is -2.32. The molecule has 0 saturated heterocycles. The van der Waals surface area contributed by atoms with Crippen molar-refractivity contribution >= 4 is 11.5 Å². The highest BCUT2D eigenvalue weighted by Gasteiger charge is 2.31. The van der Waals surface area contributed by atoms with Crippen LogP contribution >= 0.6 is 11.5 Å². The lowest BCUT2D eigenvalue weighted by Gasteiger charge is -2.14. The van der Waals surface area contributed by atoms with E-state index in [2.05, 4.69) is 35.4 Å². The van der Waals surface area contributed by atoms with Gasteiger partial charge in [-0.1, -0.05) is 20.8 Å². The van der Waals surface area contributed by atoms with Crippen LogP contribution in [-0.2, 0) is 6.42 Å². The fraction of sp³-hybridized carbons (Fsp3) is 0.833. The second-order valence-corrected chi connectivity index (χ2v) is 5.74. The van der Waals surface area contributed by atoms with Crippen molar-refractivity contribution in [3.05, 3.63) is 10.8 Å². The van der Waals surface area contributed by atoms with Crippen LogP contribution in [-0.4, -0.2) is 21.9 Å². The van der Waals surface area contributed by atoms with Gasteiger partial charge in [0.15, 0.2) is 0 Å². The zero-order chi connectivity index (χ0) is 11.5. The van der Waals surface area contributed by atoms with Gasteiger partial charge in [-0.25, -0.2) is 4.98 Å². The summed E-state index contributed by atoms with van der Waals surface area (Å²) in [7, 11) is 0. The zero-order valence-corrected chi connectivity index (χ0v) is 11.2. The Balaban J connectivity index is 1.95. The molecule has 1 aromatic heterocycles. The van der Waals surface area contributed by atoms with E-state index in [1.807, 2.05) is 0 Å². The first-order valence-electron chi connectivity index (χ1n) is 6.26. The summed E-state index contributed by atoms with van der Waals surface area (Å²) >= 11 is 1.58. The molecule has 0 spiro atoms. The van der Waals surface area contributed by atoms with Crippen molar-refractivity contribution in [1.29, 1.82) is 0 Å². The Bertz CT molecular complexity index is 331. The van der Waals surface area contributed by atoms with Gasteiger partial charge in [-0.05, 0) is 36.8 Å². The third-order valence-electron chi connectivity index (χ3n) is 3.05. The van der Waals surface area contributed by atoms with Crippen molar-refractivity contribution in [2.24, 2.45) is 5.92 Å². The Hall–Kier alpha value is -0.480. The Morgan fingerprint density at radius 2 is 2.19 bits per heavy atom. The quantitative estimate of drug-likeness (QED) is 0.829. The molecule has 90 valence electrons. The lowest BCUT2D eigenvalue weighted by molar-refractivity contribution is 0.471. The minimum absolute atomic E-state index is 0.448. The molecule has 1 N–H and O–H groups in total. The molecule has 0 amide bonds. The topological polar surface area (TPSA) is 37.8 Å². The smallest absolute Gasteiger partial charge is 0.145 e. The third kappa shape index (κ3) is 3.01. The zero-order valence-electron chi connectivity index (χ0n) is 10.4. The van der Waals surface area contributed by atoms with Gasteiger partial charge in [0.05, 0.1) is 0 Å². The van der Waals surface area contributed by atoms with Crippen LogP contribution < -0.4 is 5.32 Å². The molecule has 2 rings (SSSR count). The molecule has 3 nitrogen and oxygen atoms in total. The number of rotatable bonds is 6. The first-order chi connectivity index (χ1) is 7.70. The predicted molar refractivity (Wildman–Crippen MR) is 67.9 cm³/mol. The molecule has 1 aromatic rings. The molecule has 1 aliphatic carbocycles. The van der Waals surface area contributed by atoms with E-state index >= 15 is 0 Å². The third-order valence-corrected chi connectivity index (χ3v) is 3.80. The monoisotopic (exact) mass is 239 g/mol. The van der Waals surface area contributed by atoms with E-state index in [1.165, 1.54) is 17.8 Å². The molecule has 1 heterocycles. The molecule has 0 radical (unpaired) electrons. The number of aromatic nitrogens is 2. The SMILES string of the molecule is CCNC(Cc1nc(C(C)C)ns1)C1CC1. The average molecular weight is 239 g/mol. The van der Waals surface area contributed by atoms with Gasteiger partial charge >= 0.3 is 0 Å². The van der Waals surface area contributed by atoms with Gasteiger partial charge in [0.1, 0.15) is 10.8 Å². The summed E-state index contributed by atoms with van der Waals surface area (Å²) in [5, 5.41) is 4.77. The summed E-state index contributed by atoms with van der Waals surface area (Å²) in [6.07, 6.45) is 3.82. The van der Waals surface area contributed by atoms with Gasteiger partial charge in [-0.3, -0.25) is 0 Å². The molecular weight excluding hydrogens is 218 g/mol. The molecular formula is C12H21N3S. The maximum atomic E-state index is 4.61. The van der Waals surface area contributed by atoms with Crippen LogP contribution in [0.5, 0.6) is 0 Å². The van der Waals surface area contributed by atoms with Gasteiger partial charge in [0.2, 0.25) is 0 Å². The maximum absolute atomic E-state index is 4.61. The van der Waals surface area contributed by atoms with Crippen LogP contribution in [0.2, 0.25) is 0 Å². The molecule has 1 atom stereocenters. The van der Waals surface area contributed by atoms with E-state index < -0.39 is 0 Å². The number of likely N-dealkylation sites (N-methyl/N-ethyl adjacent to an activating group) is 1. The van der Waals surface area contributed by atoms with E-state index in [0.717, 1.165) is 24.7 Å². The summed E-state index contributed by atoms with van der Waals surface area (Å²) < 4.78 is 4.41. The summed E-state index contributed by atoms with van der Waals surface area (Å²) in [5.74, 6) is 2.33. The fourth-order valence-electron chi connectivity index (χ4n) is 1.94. The summed E-state index contributed by atoms with van der Waals surface area (Å²) in [6.45, 7) is 7.52. The summed E-state index contributed by atoms with van der Waals surface area (Å²) in [5.41, 5.74) is 0. The minimum Gasteiger partial charge on any atom is -0.314 e. The van der Waals surface area contributed by atoms with Gasteiger partial charge in [0.25, 0.3) is 0 Å².